The molecule has 2 aromatic carbocycles. The molecule has 0 aliphatic carbocycles. The first-order valence-electron chi connectivity index (χ1n) is 10.2. The van der Waals surface area contributed by atoms with E-state index in [0.717, 1.165) is 12.1 Å². The number of nitrogens with zero attached hydrogens (tertiary/aromatic N) is 2. The molecular weight excluding hydrogens is 487 g/mol. The van der Waals surface area contributed by atoms with Crippen LogP contribution in [0.5, 0.6) is 11.5 Å². The van der Waals surface area contributed by atoms with Gasteiger partial charge in [0.2, 0.25) is 0 Å². The SMILES string of the molecule is CC(C)C[C@@H](NC(=O)[C@H](C)Oc1ccc(Cl)cc1Cl)C(=O)N/N=C\c1ccc(O)c([N+](=O)[O-])c1. The van der Waals surface area contributed by atoms with Gasteiger partial charge in [0.25, 0.3) is 11.8 Å². The summed E-state index contributed by atoms with van der Waals surface area (Å²) in [7, 11) is 0. The molecule has 12 heteroatoms. The van der Waals surface area contributed by atoms with Gasteiger partial charge < -0.3 is 15.2 Å². The lowest BCUT2D eigenvalue weighted by atomic mass is 10.0. The van der Waals surface area contributed by atoms with Gasteiger partial charge in [-0.25, -0.2) is 5.43 Å². The number of hydrazone groups is 1. The lowest BCUT2D eigenvalue weighted by molar-refractivity contribution is -0.385. The van der Waals surface area contributed by atoms with Crippen molar-refractivity contribution >= 4 is 46.9 Å². The summed E-state index contributed by atoms with van der Waals surface area (Å²) in [6.45, 7) is 5.29. The van der Waals surface area contributed by atoms with E-state index in [-0.39, 0.29) is 22.3 Å². The molecular formula is C22H24Cl2N4O6. The number of nitro benzene ring substituents is 1. The summed E-state index contributed by atoms with van der Waals surface area (Å²) in [5.74, 6) is -1.26. The van der Waals surface area contributed by atoms with E-state index < -0.39 is 40.3 Å². The summed E-state index contributed by atoms with van der Waals surface area (Å²) in [5.41, 5.74) is 2.11. The third-order valence-corrected chi connectivity index (χ3v) is 5.02. The van der Waals surface area contributed by atoms with Gasteiger partial charge in [0.05, 0.1) is 16.2 Å². The number of benzene rings is 2. The Morgan fingerprint density at radius 1 is 1.18 bits per heavy atom. The molecule has 0 aliphatic rings. The number of nitro groups is 1. The molecule has 182 valence electrons. The number of carbonyl (C=O) groups excluding carboxylic acids is 2. The molecule has 0 aliphatic heterocycles. The van der Waals surface area contributed by atoms with E-state index in [1.54, 1.807) is 6.07 Å². The zero-order valence-corrected chi connectivity index (χ0v) is 20.1. The minimum absolute atomic E-state index is 0.0710. The molecule has 3 N–H and O–H groups in total. The summed E-state index contributed by atoms with van der Waals surface area (Å²) >= 11 is 11.9. The second-order valence-electron chi connectivity index (χ2n) is 7.77. The minimum Gasteiger partial charge on any atom is -0.502 e. The van der Waals surface area contributed by atoms with Crippen molar-refractivity contribution in [2.75, 3.05) is 0 Å². The Morgan fingerprint density at radius 2 is 1.88 bits per heavy atom. The first kappa shape index (κ1) is 26.9. The number of rotatable bonds is 10. The molecule has 2 amide bonds. The number of hydrogen-bond donors (Lipinski definition) is 3. The average Bonchev–Trinajstić information content (AvgIpc) is 2.75. The minimum atomic E-state index is -0.956. The van der Waals surface area contributed by atoms with Crippen molar-refractivity contribution in [2.45, 2.75) is 39.3 Å². The fourth-order valence-corrected chi connectivity index (χ4v) is 3.28. The molecule has 0 aromatic heterocycles. The Bertz CT molecular complexity index is 1090. The molecule has 0 saturated heterocycles. The average molecular weight is 511 g/mol. The Labute approximate surface area is 206 Å². The Morgan fingerprint density at radius 3 is 2.50 bits per heavy atom. The molecule has 2 rings (SSSR count). The van der Waals surface area contributed by atoms with Crippen LogP contribution in [0.2, 0.25) is 10.0 Å². The maximum Gasteiger partial charge on any atom is 0.311 e. The number of nitrogens with one attached hydrogen (secondary N) is 2. The standard InChI is InChI=1S/C22H24Cl2N4O6/c1-12(2)8-17(26-21(30)13(3)34-20-7-5-15(23)10-16(20)24)22(31)27-25-11-14-4-6-19(29)18(9-14)28(32)33/h4-7,9-13,17,29H,8H2,1-3H3,(H,26,30)(H,27,31)/b25-11-/t13-,17+/m0/s1. The Hall–Kier alpha value is -3.37. The molecule has 2 atom stereocenters. The fraction of sp³-hybridized carbons (Fsp3) is 0.318. The summed E-state index contributed by atoms with van der Waals surface area (Å²) < 4.78 is 5.59. The van der Waals surface area contributed by atoms with Gasteiger partial charge in [-0.3, -0.25) is 19.7 Å². The third kappa shape index (κ3) is 7.89. The van der Waals surface area contributed by atoms with Gasteiger partial charge in [-0.2, -0.15) is 5.10 Å². The summed E-state index contributed by atoms with van der Waals surface area (Å²) in [4.78, 5) is 35.5. The van der Waals surface area contributed by atoms with Gasteiger partial charge in [0.15, 0.2) is 11.9 Å². The van der Waals surface area contributed by atoms with Gasteiger partial charge in [-0.1, -0.05) is 37.0 Å². The molecule has 0 fully saturated rings. The molecule has 0 spiro atoms. The van der Waals surface area contributed by atoms with E-state index in [2.05, 4.69) is 15.8 Å². The first-order valence-corrected chi connectivity index (χ1v) is 11.0. The number of hydrogen-bond acceptors (Lipinski definition) is 7. The van der Waals surface area contributed by atoms with E-state index in [0.29, 0.717) is 11.4 Å². The van der Waals surface area contributed by atoms with E-state index in [1.165, 1.54) is 31.3 Å². The molecule has 34 heavy (non-hydrogen) atoms. The number of ether oxygens (including phenoxy) is 1. The van der Waals surface area contributed by atoms with E-state index in [1.807, 2.05) is 13.8 Å². The van der Waals surface area contributed by atoms with Crippen LogP contribution >= 0.6 is 23.2 Å². The molecule has 10 nitrogen and oxygen atoms in total. The molecule has 0 saturated carbocycles. The smallest absolute Gasteiger partial charge is 0.311 e. The lowest BCUT2D eigenvalue weighted by Gasteiger charge is -2.22. The predicted octanol–water partition coefficient (Wildman–Crippen LogP) is 4.06. The molecule has 0 heterocycles. The number of phenolic OH excluding ortho intramolecular Hbond substituents is 1. The van der Waals surface area contributed by atoms with Gasteiger partial charge in [0.1, 0.15) is 11.8 Å². The zero-order valence-electron chi connectivity index (χ0n) is 18.6. The van der Waals surface area contributed by atoms with Gasteiger partial charge >= 0.3 is 5.69 Å². The molecule has 0 bridgehead atoms. The highest BCUT2D eigenvalue weighted by molar-refractivity contribution is 6.35. The van der Waals surface area contributed by atoms with E-state index in [4.69, 9.17) is 27.9 Å². The normalized spacial score (nSPS) is 12.9. The van der Waals surface area contributed by atoms with Crippen LogP contribution in [-0.2, 0) is 9.59 Å². The fourth-order valence-electron chi connectivity index (χ4n) is 2.82. The van der Waals surface area contributed by atoms with Crippen LogP contribution in [0.25, 0.3) is 0 Å². The first-order chi connectivity index (χ1) is 16.0. The van der Waals surface area contributed by atoms with Crippen molar-refractivity contribution in [3.05, 3.63) is 62.1 Å². The van der Waals surface area contributed by atoms with Crippen LogP contribution in [0, 0.1) is 16.0 Å². The van der Waals surface area contributed by atoms with Crippen molar-refractivity contribution in [2.24, 2.45) is 11.0 Å². The van der Waals surface area contributed by atoms with Crippen molar-refractivity contribution in [1.82, 2.24) is 10.7 Å². The third-order valence-electron chi connectivity index (χ3n) is 4.49. The van der Waals surface area contributed by atoms with Crippen LogP contribution in [0.15, 0.2) is 41.5 Å². The van der Waals surface area contributed by atoms with Crippen LogP contribution in [-0.4, -0.2) is 40.2 Å². The van der Waals surface area contributed by atoms with Crippen molar-refractivity contribution in [3.8, 4) is 11.5 Å². The highest BCUT2D eigenvalue weighted by Crippen LogP contribution is 2.28. The topological polar surface area (TPSA) is 143 Å². The Balaban J connectivity index is 2.04. The zero-order chi connectivity index (χ0) is 25.4. The maximum absolute atomic E-state index is 12.6. The van der Waals surface area contributed by atoms with Crippen LogP contribution < -0.4 is 15.5 Å². The molecule has 0 radical (unpaired) electrons. The quantitative estimate of drug-likeness (QED) is 0.249. The highest BCUT2D eigenvalue weighted by atomic mass is 35.5. The van der Waals surface area contributed by atoms with Crippen molar-refractivity contribution in [1.29, 1.82) is 0 Å². The largest absolute Gasteiger partial charge is 0.502 e. The monoisotopic (exact) mass is 510 g/mol. The van der Waals surface area contributed by atoms with Crippen LogP contribution in [0.4, 0.5) is 5.69 Å². The number of aromatic hydroxyl groups is 1. The van der Waals surface area contributed by atoms with E-state index >= 15 is 0 Å². The van der Waals surface area contributed by atoms with Gasteiger partial charge in [-0.05, 0) is 49.6 Å². The van der Waals surface area contributed by atoms with Crippen LogP contribution in [0.1, 0.15) is 32.8 Å². The van der Waals surface area contributed by atoms with Gasteiger partial charge in [0, 0.05) is 16.7 Å². The number of carbonyl (C=O) groups is 2. The molecule has 0 unspecified atom stereocenters. The highest BCUT2D eigenvalue weighted by Gasteiger charge is 2.25. The maximum atomic E-state index is 12.6. The number of halogens is 2. The lowest BCUT2D eigenvalue weighted by Crippen LogP contribution is -2.49. The summed E-state index contributed by atoms with van der Waals surface area (Å²) in [5, 5.41) is 27.5. The Kier molecular flexibility index (Phi) is 9.64. The predicted molar refractivity (Wildman–Crippen MR) is 128 cm³/mol. The number of amides is 2. The van der Waals surface area contributed by atoms with Crippen molar-refractivity contribution in [3.63, 3.8) is 0 Å². The second-order valence-corrected chi connectivity index (χ2v) is 8.61. The van der Waals surface area contributed by atoms with Crippen LogP contribution in [0.3, 0.4) is 0 Å². The number of phenols is 1. The second kappa shape index (κ2) is 12.2. The summed E-state index contributed by atoms with van der Waals surface area (Å²) in [6.07, 6.45) is 0.557. The van der Waals surface area contributed by atoms with Gasteiger partial charge in [-0.15, -0.1) is 0 Å². The summed E-state index contributed by atoms with van der Waals surface area (Å²) in [6, 6.07) is 7.34. The van der Waals surface area contributed by atoms with E-state index in [9.17, 15) is 24.8 Å². The van der Waals surface area contributed by atoms with Crippen molar-refractivity contribution < 1.29 is 24.4 Å². The molecule has 2 aromatic rings.